The number of rotatable bonds is 2. The zero-order chi connectivity index (χ0) is 15.8. The average Bonchev–Trinajstić information content (AvgIpc) is 2.85. The Bertz CT molecular complexity index is 736. The minimum absolute atomic E-state index is 0. The molecule has 0 bridgehead atoms. The van der Waals surface area contributed by atoms with Crippen molar-refractivity contribution < 1.29 is 9.07 Å². The number of benzene rings is 1. The molecule has 4 nitrogen and oxygen atoms in total. The normalized spacial score (nSPS) is 12.9. The van der Waals surface area contributed by atoms with Crippen LogP contribution < -0.4 is 10.6 Å². The number of allylic oxidation sites excluding steroid dienone is 5. The number of H-pyrrole nitrogens is 1. The molecule has 4 heteroatoms. The molecule has 0 spiro atoms. The van der Waals surface area contributed by atoms with Gasteiger partial charge in [-0.05, 0) is 42.2 Å². The molecule has 120 valence electrons. The van der Waals surface area contributed by atoms with E-state index in [1.165, 1.54) is 0 Å². The standard InChI is InChI=1S/C16H15N3O.C2H6.3H2/c20-16(18-13-5-3-1-2-4-6-13)19-14-8-7-12-9-10-17-15(12)11-14;1-2;;;/h1,3-11,17H,2H2,(H2,18,19,20);1-2H3;3*1H. The first-order valence-corrected chi connectivity index (χ1v) is 7.50. The van der Waals surface area contributed by atoms with E-state index in [2.05, 4.69) is 15.6 Å². The number of aromatic nitrogens is 1. The van der Waals surface area contributed by atoms with Crippen LogP contribution in [0.25, 0.3) is 10.9 Å². The van der Waals surface area contributed by atoms with Gasteiger partial charge in [-0.15, -0.1) is 0 Å². The molecule has 0 aliphatic heterocycles. The van der Waals surface area contributed by atoms with Gasteiger partial charge in [0.25, 0.3) is 0 Å². The lowest BCUT2D eigenvalue weighted by molar-refractivity contribution is 0.254. The van der Waals surface area contributed by atoms with E-state index in [0.29, 0.717) is 0 Å². The number of aromatic amines is 1. The number of anilines is 1. The van der Waals surface area contributed by atoms with E-state index < -0.39 is 0 Å². The highest BCUT2D eigenvalue weighted by Gasteiger charge is 2.04. The van der Waals surface area contributed by atoms with Crippen LogP contribution in [0.1, 0.15) is 24.5 Å². The van der Waals surface area contributed by atoms with Gasteiger partial charge < -0.3 is 15.6 Å². The van der Waals surface area contributed by atoms with E-state index in [-0.39, 0.29) is 10.3 Å². The van der Waals surface area contributed by atoms with Crippen molar-refractivity contribution in [2.45, 2.75) is 20.3 Å². The zero-order valence-corrected chi connectivity index (χ0v) is 12.9. The number of fused-ring (bicyclic) bond motifs is 1. The molecule has 1 aliphatic carbocycles. The Hall–Kier alpha value is -2.75. The lowest BCUT2D eigenvalue weighted by Gasteiger charge is -2.08. The smallest absolute Gasteiger partial charge is 0.323 e. The molecule has 3 rings (SSSR count). The Morgan fingerprint density at radius 1 is 1.18 bits per heavy atom. The lowest BCUT2D eigenvalue weighted by Crippen LogP contribution is -2.27. The van der Waals surface area contributed by atoms with Crippen LogP contribution in [0.3, 0.4) is 0 Å². The molecule has 0 fully saturated rings. The van der Waals surface area contributed by atoms with Crippen molar-refractivity contribution in [3.05, 3.63) is 66.5 Å². The molecular formula is C18H27N3O. The molecule has 1 aromatic carbocycles. The Morgan fingerprint density at radius 2 is 2.05 bits per heavy atom. The third-order valence-corrected chi connectivity index (χ3v) is 3.05. The largest absolute Gasteiger partial charge is 0.361 e. The maximum absolute atomic E-state index is 11.9. The van der Waals surface area contributed by atoms with Crippen molar-refractivity contribution in [2.24, 2.45) is 0 Å². The number of amides is 2. The van der Waals surface area contributed by atoms with E-state index in [1.54, 1.807) is 0 Å². The van der Waals surface area contributed by atoms with Gasteiger partial charge in [0.05, 0.1) is 0 Å². The molecule has 22 heavy (non-hydrogen) atoms. The molecule has 1 aromatic heterocycles. The van der Waals surface area contributed by atoms with Gasteiger partial charge in [0.2, 0.25) is 0 Å². The molecule has 0 saturated carbocycles. The van der Waals surface area contributed by atoms with E-state index >= 15 is 0 Å². The van der Waals surface area contributed by atoms with E-state index in [0.717, 1.165) is 28.7 Å². The van der Waals surface area contributed by atoms with Crippen LogP contribution in [0.2, 0.25) is 0 Å². The molecule has 2 aromatic rings. The van der Waals surface area contributed by atoms with Crippen LogP contribution in [-0.4, -0.2) is 11.0 Å². The summed E-state index contributed by atoms with van der Waals surface area (Å²) in [6.45, 7) is 4.00. The first-order chi connectivity index (χ1) is 10.8. The second kappa shape index (κ2) is 7.88. The number of hydrogen-bond acceptors (Lipinski definition) is 1. The predicted octanol–water partition coefficient (Wildman–Crippen LogP) is 5.45. The second-order valence-corrected chi connectivity index (χ2v) is 4.55. The number of urea groups is 1. The van der Waals surface area contributed by atoms with Gasteiger partial charge in [0, 0.05) is 27.4 Å². The van der Waals surface area contributed by atoms with Crippen molar-refractivity contribution >= 4 is 22.6 Å². The third-order valence-electron chi connectivity index (χ3n) is 3.05. The summed E-state index contributed by atoms with van der Waals surface area (Å²) in [5, 5.41) is 6.76. The van der Waals surface area contributed by atoms with Crippen LogP contribution in [0.15, 0.2) is 66.5 Å². The van der Waals surface area contributed by atoms with Crippen molar-refractivity contribution in [1.82, 2.24) is 10.3 Å². The first kappa shape index (κ1) is 15.6. The quantitative estimate of drug-likeness (QED) is 0.678. The molecule has 0 saturated heterocycles. The van der Waals surface area contributed by atoms with Crippen LogP contribution in [0.5, 0.6) is 0 Å². The summed E-state index contributed by atoms with van der Waals surface area (Å²) in [5.74, 6) is 0. The number of carbonyl (C=O) groups is 1. The Balaban J connectivity index is 0. The molecule has 1 aliphatic rings. The molecule has 1 heterocycles. The van der Waals surface area contributed by atoms with Gasteiger partial charge >= 0.3 is 6.03 Å². The monoisotopic (exact) mass is 301 g/mol. The Kier molecular flexibility index (Phi) is 5.60. The third kappa shape index (κ3) is 4.12. The Morgan fingerprint density at radius 3 is 2.91 bits per heavy atom. The van der Waals surface area contributed by atoms with Gasteiger partial charge in [-0.1, -0.05) is 38.1 Å². The van der Waals surface area contributed by atoms with Crippen molar-refractivity contribution in [2.75, 3.05) is 5.32 Å². The van der Waals surface area contributed by atoms with Gasteiger partial charge in [0.1, 0.15) is 0 Å². The van der Waals surface area contributed by atoms with Gasteiger partial charge in [-0.2, -0.15) is 0 Å². The number of carbonyl (C=O) groups excluding carboxylic acids is 1. The zero-order valence-electron chi connectivity index (χ0n) is 12.9. The summed E-state index contributed by atoms with van der Waals surface area (Å²) in [6, 6.07) is 7.50. The van der Waals surface area contributed by atoms with Crippen molar-refractivity contribution in [1.29, 1.82) is 0 Å². The highest BCUT2D eigenvalue weighted by atomic mass is 16.2. The minimum atomic E-state index is -0.248. The number of nitrogens with one attached hydrogen (secondary N) is 3. The summed E-state index contributed by atoms with van der Waals surface area (Å²) in [7, 11) is 0. The van der Waals surface area contributed by atoms with Crippen LogP contribution in [0.4, 0.5) is 10.5 Å². The molecule has 0 atom stereocenters. The fraction of sp³-hybridized carbons (Fsp3) is 0.167. The maximum Gasteiger partial charge on any atom is 0.323 e. The summed E-state index contributed by atoms with van der Waals surface area (Å²) >= 11 is 0. The van der Waals surface area contributed by atoms with Crippen LogP contribution >= 0.6 is 0 Å². The topological polar surface area (TPSA) is 56.9 Å². The van der Waals surface area contributed by atoms with E-state index in [9.17, 15) is 4.79 Å². The lowest BCUT2D eigenvalue weighted by atomic mass is 10.2. The van der Waals surface area contributed by atoms with E-state index in [4.69, 9.17) is 0 Å². The van der Waals surface area contributed by atoms with Gasteiger partial charge in [-0.3, -0.25) is 0 Å². The fourth-order valence-electron chi connectivity index (χ4n) is 2.08. The summed E-state index contributed by atoms with van der Waals surface area (Å²) in [5.41, 5.74) is 2.53. The molecule has 3 N–H and O–H groups in total. The maximum atomic E-state index is 11.9. The van der Waals surface area contributed by atoms with Crippen molar-refractivity contribution in [3.8, 4) is 0 Å². The molecule has 0 radical (unpaired) electrons. The minimum Gasteiger partial charge on any atom is -0.361 e. The van der Waals surface area contributed by atoms with Crippen molar-refractivity contribution in [3.63, 3.8) is 0 Å². The molecular weight excluding hydrogens is 274 g/mol. The highest BCUT2D eigenvalue weighted by molar-refractivity contribution is 5.93. The van der Waals surface area contributed by atoms with Crippen LogP contribution in [0, 0.1) is 0 Å². The fourth-order valence-corrected chi connectivity index (χ4v) is 2.08. The van der Waals surface area contributed by atoms with Gasteiger partial charge in [-0.25, -0.2) is 4.79 Å². The summed E-state index contributed by atoms with van der Waals surface area (Å²) in [4.78, 5) is 15.1. The van der Waals surface area contributed by atoms with Gasteiger partial charge in [0.15, 0.2) is 0 Å². The first-order valence-electron chi connectivity index (χ1n) is 7.50. The average molecular weight is 301 g/mol. The molecule has 0 unspecified atom stereocenters. The number of hydrogen-bond donors (Lipinski definition) is 3. The van der Waals surface area contributed by atoms with Crippen LogP contribution in [-0.2, 0) is 0 Å². The summed E-state index contributed by atoms with van der Waals surface area (Å²) in [6.07, 6.45) is 12.5. The molecule has 2 amide bonds. The second-order valence-electron chi connectivity index (χ2n) is 4.55. The SMILES string of the molecule is CC.O=C(NC1=CC=CCC=C1)Nc1ccc2cc[nH]c2c1.[HH].[HH].[HH]. The van der Waals surface area contributed by atoms with E-state index in [1.807, 2.05) is 74.7 Å². The highest BCUT2D eigenvalue weighted by Crippen LogP contribution is 2.17. The predicted molar refractivity (Wildman–Crippen MR) is 99.1 cm³/mol. The Labute approximate surface area is 135 Å². The summed E-state index contributed by atoms with van der Waals surface area (Å²) < 4.78 is 0.